The largest absolute Gasteiger partial charge is 0.491 e. The van der Waals surface area contributed by atoms with Gasteiger partial charge in [-0.05, 0) is 18.1 Å². The lowest BCUT2D eigenvalue weighted by molar-refractivity contribution is 0.0938. The molecule has 0 bridgehead atoms. The Kier molecular flexibility index (Phi) is 6.07. The highest BCUT2D eigenvalue weighted by atomic mass is 16.5. The Balaban J connectivity index is 1.96. The fourth-order valence-electron chi connectivity index (χ4n) is 3.03. The normalized spacial score (nSPS) is 12.5. The van der Waals surface area contributed by atoms with Crippen LogP contribution in [0.2, 0.25) is 0 Å². The summed E-state index contributed by atoms with van der Waals surface area (Å²) in [4.78, 5) is 29.5. The van der Waals surface area contributed by atoms with E-state index in [2.05, 4.69) is 24.1 Å². The molecule has 2 heterocycles. The van der Waals surface area contributed by atoms with E-state index in [1.165, 1.54) is 11.6 Å². The second-order valence-electron chi connectivity index (χ2n) is 7.48. The molecule has 29 heavy (non-hydrogen) atoms. The van der Waals surface area contributed by atoms with Crippen molar-refractivity contribution in [2.24, 2.45) is 20.0 Å². The van der Waals surface area contributed by atoms with E-state index in [1.54, 1.807) is 23.7 Å². The Morgan fingerprint density at radius 2 is 1.83 bits per heavy atom. The SMILES string of the molecule is CC(C)CNc1nc2c(c(=O)n(C)c(=O)n2C)n1CC(O)COc1ccccc1. The van der Waals surface area contributed by atoms with E-state index in [0.29, 0.717) is 24.2 Å². The molecule has 0 aliphatic rings. The zero-order valence-corrected chi connectivity index (χ0v) is 17.1. The molecule has 0 radical (unpaired) electrons. The number of ether oxygens (including phenoxy) is 1. The van der Waals surface area contributed by atoms with Gasteiger partial charge in [-0.1, -0.05) is 32.0 Å². The quantitative estimate of drug-likeness (QED) is 0.582. The minimum Gasteiger partial charge on any atom is -0.491 e. The first-order valence-corrected chi connectivity index (χ1v) is 9.55. The highest BCUT2D eigenvalue weighted by molar-refractivity contribution is 5.74. The average molecular weight is 401 g/mol. The van der Waals surface area contributed by atoms with E-state index in [1.807, 2.05) is 18.2 Å². The van der Waals surface area contributed by atoms with Crippen molar-refractivity contribution >= 4 is 17.1 Å². The molecule has 1 unspecified atom stereocenters. The summed E-state index contributed by atoms with van der Waals surface area (Å²) in [5.41, 5.74) is -0.361. The van der Waals surface area contributed by atoms with Crippen molar-refractivity contribution in [2.45, 2.75) is 26.5 Å². The van der Waals surface area contributed by atoms with Crippen molar-refractivity contribution in [2.75, 3.05) is 18.5 Å². The number of para-hydroxylation sites is 1. The molecule has 0 amide bonds. The summed E-state index contributed by atoms with van der Waals surface area (Å²) < 4.78 is 9.62. The summed E-state index contributed by atoms with van der Waals surface area (Å²) in [5, 5.41) is 13.8. The molecule has 3 aromatic rings. The van der Waals surface area contributed by atoms with Crippen LogP contribution in [-0.4, -0.2) is 43.0 Å². The molecule has 0 saturated heterocycles. The molecule has 9 nitrogen and oxygen atoms in total. The maximum absolute atomic E-state index is 12.8. The van der Waals surface area contributed by atoms with Crippen molar-refractivity contribution in [3.8, 4) is 5.75 Å². The van der Waals surface area contributed by atoms with Crippen LogP contribution in [0, 0.1) is 5.92 Å². The van der Waals surface area contributed by atoms with Gasteiger partial charge >= 0.3 is 5.69 Å². The van der Waals surface area contributed by atoms with Gasteiger partial charge in [0.1, 0.15) is 18.5 Å². The van der Waals surface area contributed by atoms with E-state index >= 15 is 0 Å². The number of anilines is 1. The lowest BCUT2D eigenvalue weighted by atomic mass is 10.2. The zero-order chi connectivity index (χ0) is 21.1. The first-order chi connectivity index (χ1) is 13.8. The maximum atomic E-state index is 12.8. The maximum Gasteiger partial charge on any atom is 0.332 e. The summed E-state index contributed by atoms with van der Waals surface area (Å²) >= 11 is 0. The predicted molar refractivity (Wildman–Crippen MR) is 111 cm³/mol. The highest BCUT2D eigenvalue weighted by Gasteiger charge is 2.21. The van der Waals surface area contributed by atoms with Gasteiger partial charge < -0.3 is 19.7 Å². The number of imidazole rings is 1. The zero-order valence-electron chi connectivity index (χ0n) is 17.1. The van der Waals surface area contributed by atoms with Crippen LogP contribution in [-0.2, 0) is 20.6 Å². The minimum absolute atomic E-state index is 0.0549. The Morgan fingerprint density at radius 1 is 1.14 bits per heavy atom. The van der Waals surface area contributed by atoms with Gasteiger partial charge in [0.15, 0.2) is 11.2 Å². The Hall–Kier alpha value is -3.07. The fraction of sp³-hybridized carbons (Fsp3) is 0.450. The third-order valence-electron chi connectivity index (χ3n) is 4.60. The number of aromatic nitrogens is 4. The van der Waals surface area contributed by atoms with Gasteiger partial charge in [-0.3, -0.25) is 13.9 Å². The van der Waals surface area contributed by atoms with Crippen LogP contribution in [0.5, 0.6) is 5.75 Å². The smallest absolute Gasteiger partial charge is 0.332 e. The number of aliphatic hydroxyl groups is 1. The molecule has 0 aliphatic heterocycles. The molecule has 1 atom stereocenters. The van der Waals surface area contributed by atoms with E-state index in [4.69, 9.17) is 4.74 Å². The molecule has 9 heteroatoms. The van der Waals surface area contributed by atoms with E-state index < -0.39 is 17.4 Å². The molecule has 0 aliphatic carbocycles. The first-order valence-electron chi connectivity index (χ1n) is 9.55. The number of aliphatic hydroxyl groups excluding tert-OH is 1. The molecule has 156 valence electrons. The van der Waals surface area contributed by atoms with Crippen LogP contribution < -0.4 is 21.3 Å². The summed E-state index contributed by atoms with van der Waals surface area (Å²) in [6, 6.07) is 9.20. The molecular weight excluding hydrogens is 374 g/mol. The number of aryl methyl sites for hydroxylation is 1. The van der Waals surface area contributed by atoms with Crippen molar-refractivity contribution < 1.29 is 9.84 Å². The van der Waals surface area contributed by atoms with Gasteiger partial charge in [0.2, 0.25) is 5.95 Å². The van der Waals surface area contributed by atoms with Crippen LogP contribution in [0.4, 0.5) is 5.95 Å². The molecule has 3 rings (SSSR count). The monoisotopic (exact) mass is 401 g/mol. The average Bonchev–Trinajstić information content (AvgIpc) is 3.06. The topological polar surface area (TPSA) is 103 Å². The number of nitrogens with zero attached hydrogens (tertiary/aromatic N) is 4. The van der Waals surface area contributed by atoms with Gasteiger partial charge in [0.25, 0.3) is 5.56 Å². The summed E-state index contributed by atoms with van der Waals surface area (Å²) in [7, 11) is 3.00. The van der Waals surface area contributed by atoms with Crippen molar-refractivity contribution in [1.29, 1.82) is 0 Å². The first kappa shape index (κ1) is 20.7. The standard InChI is InChI=1S/C20H27N5O4/c1-13(2)10-21-19-22-17-16(18(27)24(4)20(28)23(17)3)25(19)11-14(26)12-29-15-8-6-5-7-9-15/h5-9,13-14,26H,10-12H2,1-4H3,(H,21,22). The molecule has 2 N–H and O–H groups in total. The lowest BCUT2D eigenvalue weighted by Gasteiger charge is -2.16. The highest BCUT2D eigenvalue weighted by Crippen LogP contribution is 2.17. The molecule has 0 spiro atoms. The molecule has 0 fully saturated rings. The van der Waals surface area contributed by atoms with Gasteiger partial charge in [-0.15, -0.1) is 0 Å². The lowest BCUT2D eigenvalue weighted by Crippen LogP contribution is -2.38. The fourth-order valence-corrected chi connectivity index (χ4v) is 3.03. The van der Waals surface area contributed by atoms with Gasteiger partial charge in [-0.25, -0.2) is 4.79 Å². The van der Waals surface area contributed by atoms with Crippen LogP contribution in [0.25, 0.3) is 11.2 Å². The third kappa shape index (κ3) is 4.34. The summed E-state index contributed by atoms with van der Waals surface area (Å²) in [6.45, 7) is 4.89. The van der Waals surface area contributed by atoms with Crippen molar-refractivity contribution in [3.05, 3.63) is 51.2 Å². The van der Waals surface area contributed by atoms with Crippen LogP contribution >= 0.6 is 0 Å². The van der Waals surface area contributed by atoms with E-state index in [9.17, 15) is 14.7 Å². The molecular formula is C20H27N5O4. The minimum atomic E-state index is -0.880. The van der Waals surface area contributed by atoms with Crippen molar-refractivity contribution in [1.82, 2.24) is 18.7 Å². The summed E-state index contributed by atoms with van der Waals surface area (Å²) in [6.07, 6.45) is -0.880. The van der Waals surface area contributed by atoms with Crippen LogP contribution in [0.3, 0.4) is 0 Å². The number of hydrogen-bond acceptors (Lipinski definition) is 6. The number of nitrogens with one attached hydrogen (secondary N) is 1. The summed E-state index contributed by atoms with van der Waals surface area (Å²) in [5.74, 6) is 1.44. The van der Waals surface area contributed by atoms with Crippen molar-refractivity contribution in [3.63, 3.8) is 0 Å². The Labute approximate surface area is 168 Å². The van der Waals surface area contributed by atoms with E-state index in [-0.39, 0.29) is 24.3 Å². The predicted octanol–water partition coefficient (Wildman–Crippen LogP) is 0.942. The number of benzene rings is 1. The van der Waals surface area contributed by atoms with Gasteiger partial charge in [0, 0.05) is 20.6 Å². The molecule has 0 saturated carbocycles. The molecule has 1 aromatic carbocycles. The third-order valence-corrected chi connectivity index (χ3v) is 4.60. The van der Waals surface area contributed by atoms with Crippen LogP contribution in [0.15, 0.2) is 39.9 Å². The van der Waals surface area contributed by atoms with Crippen LogP contribution in [0.1, 0.15) is 13.8 Å². The Morgan fingerprint density at radius 3 is 2.48 bits per heavy atom. The van der Waals surface area contributed by atoms with E-state index in [0.717, 1.165) is 4.57 Å². The second kappa shape index (κ2) is 8.52. The number of hydrogen-bond donors (Lipinski definition) is 2. The molecule has 2 aromatic heterocycles. The van der Waals surface area contributed by atoms with Gasteiger partial charge in [-0.2, -0.15) is 4.98 Å². The Bertz CT molecular complexity index is 1100. The second-order valence-corrected chi connectivity index (χ2v) is 7.48. The number of rotatable bonds is 8. The number of fused-ring (bicyclic) bond motifs is 1. The van der Waals surface area contributed by atoms with Gasteiger partial charge in [0.05, 0.1) is 6.54 Å².